The van der Waals surface area contributed by atoms with Crippen molar-refractivity contribution in [3.8, 4) is 0 Å². The third kappa shape index (κ3) is 2.08. The van der Waals surface area contributed by atoms with Gasteiger partial charge in [-0.25, -0.2) is 8.42 Å². The van der Waals surface area contributed by atoms with Crippen LogP contribution in [0.15, 0.2) is 29.2 Å². The molecule has 3 nitrogen and oxygen atoms in total. The van der Waals surface area contributed by atoms with Gasteiger partial charge in [0.15, 0.2) is 9.84 Å². The van der Waals surface area contributed by atoms with E-state index in [4.69, 9.17) is 5.73 Å². The molecule has 0 heterocycles. The summed E-state index contributed by atoms with van der Waals surface area (Å²) in [6.45, 7) is 3.37. The molecule has 13 heavy (non-hydrogen) atoms. The van der Waals surface area contributed by atoms with E-state index in [1.807, 2.05) is 6.92 Å². The highest BCUT2D eigenvalue weighted by molar-refractivity contribution is 7.92. The molecule has 1 rings (SSSR count). The molecular weight excluding hydrogens is 186 g/mol. The van der Waals surface area contributed by atoms with Crippen molar-refractivity contribution in [1.29, 1.82) is 0 Å². The van der Waals surface area contributed by atoms with Crippen molar-refractivity contribution >= 4 is 9.84 Å². The van der Waals surface area contributed by atoms with E-state index in [9.17, 15) is 8.42 Å². The van der Waals surface area contributed by atoms with Crippen molar-refractivity contribution in [3.63, 3.8) is 0 Å². The van der Waals surface area contributed by atoms with Crippen molar-refractivity contribution in [1.82, 2.24) is 0 Å². The van der Waals surface area contributed by atoms with Gasteiger partial charge in [-0.15, -0.1) is 0 Å². The van der Waals surface area contributed by atoms with E-state index in [-0.39, 0.29) is 4.90 Å². The Morgan fingerprint density at radius 3 is 2.08 bits per heavy atom. The van der Waals surface area contributed by atoms with Gasteiger partial charge in [0.2, 0.25) is 0 Å². The SMILES string of the molecule is Cc1ccc(S(=O)(=O)C(C)N)cc1. The van der Waals surface area contributed by atoms with Crippen molar-refractivity contribution in [2.75, 3.05) is 0 Å². The number of aryl methyl sites for hydroxylation is 1. The largest absolute Gasteiger partial charge is 0.315 e. The monoisotopic (exact) mass is 199 g/mol. The maximum atomic E-state index is 11.5. The summed E-state index contributed by atoms with van der Waals surface area (Å²) in [6.07, 6.45) is 0. The van der Waals surface area contributed by atoms with Crippen LogP contribution in [0.25, 0.3) is 0 Å². The molecule has 0 bridgehead atoms. The van der Waals surface area contributed by atoms with Crippen molar-refractivity contribution < 1.29 is 8.42 Å². The fraction of sp³-hybridized carbons (Fsp3) is 0.333. The normalized spacial score (nSPS) is 14.1. The predicted molar refractivity (Wildman–Crippen MR) is 52.0 cm³/mol. The average Bonchev–Trinajstić information content (AvgIpc) is 2.04. The quantitative estimate of drug-likeness (QED) is 0.775. The van der Waals surface area contributed by atoms with Gasteiger partial charge in [0.1, 0.15) is 5.37 Å². The first-order valence-electron chi connectivity index (χ1n) is 4.01. The van der Waals surface area contributed by atoms with Crippen LogP contribution in [-0.4, -0.2) is 13.8 Å². The molecule has 72 valence electrons. The Kier molecular flexibility index (Phi) is 2.73. The van der Waals surface area contributed by atoms with E-state index >= 15 is 0 Å². The Morgan fingerprint density at radius 1 is 1.23 bits per heavy atom. The molecule has 0 aromatic heterocycles. The lowest BCUT2D eigenvalue weighted by atomic mass is 10.2. The minimum Gasteiger partial charge on any atom is -0.315 e. The van der Waals surface area contributed by atoms with Crippen LogP contribution in [0.5, 0.6) is 0 Å². The molecule has 0 fully saturated rings. The second kappa shape index (κ2) is 3.47. The van der Waals surface area contributed by atoms with Crippen molar-refractivity contribution in [2.45, 2.75) is 24.1 Å². The third-order valence-corrected chi connectivity index (χ3v) is 3.75. The summed E-state index contributed by atoms with van der Waals surface area (Å²) in [5.74, 6) is 0. The highest BCUT2D eigenvalue weighted by Crippen LogP contribution is 2.13. The Bertz CT molecular complexity index is 379. The zero-order valence-corrected chi connectivity index (χ0v) is 8.51. The lowest BCUT2D eigenvalue weighted by molar-refractivity contribution is 0.585. The lowest BCUT2D eigenvalue weighted by Crippen LogP contribution is -2.26. The number of hydrogen-bond acceptors (Lipinski definition) is 3. The topological polar surface area (TPSA) is 60.2 Å². The van der Waals surface area contributed by atoms with Crippen molar-refractivity contribution in [3.05, 3.63) is 29.8 Å². The summed E-state index contributed by atoms with van der Waals surface area (Å²) in [4.78, 5) is 0.285. The molecule has 4 heteroatoms. The Labute approximate surface area is 78.5 Å². The molecule has 1 unspecified atom stereocenters. The molecular formula is C9H13NO2S. The first-order valence-corrected chi connectivity index (χ1v) is 5.55. The minimum atomic E-state index is -3.32. The second-order valence-electron chi connectivity index (χ2n) is 3.06. The molecule has 0 saturated carbocycles. The maximum absolute atomic E-state index is 11.5. The summed E-state index contributed by atoms with van der Waals surface area (Å²) in [5.41, 5.74) is 6.38. The lowest BCUT2D eigenvalue weighted by Gasteiger charge is -2.07. The van der Waals surface area contributed by atoms with Crippen LogP contribution in [-0.2, 0) is 9.84 Å². The van der Waals surface area contributed by atoms with Crippen LogP contribution in [0.4, 0.5) is 0 Å². The number of benzene rings is 1. The smallest absolute Gasteiger partial charge is 0.193 e. The van der Waals surface area contributed by atoms with Gasteiger partial charge in [0.05, 0.1) is 4.90 Å². The summed E-state index contributed by atoms with van der Waals surface area (Å²) in [6, 6.07) is 6.67. The van der Waals surface area contributed by atoms with E-state index in [1.165, 1.54) is 6.92 Å². The van der Waals surface area contributed by atoms with Crippen LogP contribution < -0.4 is 5.73 Å². The van der Waals surface area contributed by atoms with E-state index in [1.54, 1.807) is 24.3 Å². The molecule has 1 atom stereocenters. The summed E-state index contributed by atoms with van der Waals surface area (Å²) < 4.78 is 23.0. The third-order valence-electron chi connectivity index (χ3n) is 1.84. The highest BCUT2D eigenvalue weighted by atomic mass is 32.2. The van der Waals surface area contributed by atoms with E-state index in [2.05, 4.69) is 0 Å². The number of rotatable bonds is 2. The fourth-order valence-electron chi connectivity index (χ4n) is 0.943. The van der Waals surface area contributed by atoms with Crippen molar-refractivity contribution in [2.24, 2.45) is 5.73 Å². The molecule has 0 spiro atoms. The molecule has 0 aliphatic heterocycles. The predicted octanol–water partition coefficient (Wildman–Crippen LogP) is 1.07. The van der Waals surface area contributed by atoms with E-state index in [0.29, 0.717) is 0 Å². The highest BCUT2D eigenvalue weighted by Gasteiger charge is 2.18. The Balaban J connectivity index is 3.17. The van der Waals surface area contributed by atoms with Crippen LogP contribution in [0, 0.1) is 6.92 Å². The molecule has 1 aromatic carbocycles. The molecule has 0 saturated heterocycles. The number of sulfone groups is 1. The Morgan fingerprint density at radius 2 is 1.69 bits per heavy atom. The van der Waals surface area contributed by atoms with Gasteiger partial charge in [0.25, 0.3) is 0 Å². The first-order chi connectivity index (χ1) is 5.94. The van der Waals surface area contributed by atoms with E-state index in [0.717, 1.165) is 5.56 Å². The van der Waals surface area contributed by atoms with Gasteiger partial charge in [-0.3, -0.25) is 0 Å². The standard InChI is InChI=1S/C9H13NO2S/c1-7-3-5-9(6-4-7)13(11,12)8(2)10/h3-6,8H,10H2,1-2H3. The Hall–Kier alpha value is -0.870. The molecule has 2 N–H and O–H groups in total. The fourth-order valence-corrected chi connectivity index (χ4v) is 1.89. The maximum Gasteiger partial charge on any atom is 0.193 e. The first kappa shape index (κ1) is 10.2. The van der Waals surface area contributed by atoms with Gasteiger partial charge in [-0.2, -0.15) is 0 Å². The summed E-state index contributed by atoms with van der Waals surface area (Å²) in [7, 11) is -3.32. The van der Waals surface area contributed by atoms with Gasteiger partial charge in [-0.05, 0) is 26.0 Å². The number of hydrogen-bond donors (Lipinski definition) is 1. The molecule has 0 aliphatic rings. The minimum absolute atomic E-state index is 0.285. The zero-order valence-electron chi connectivity index (χ0n) is 7.69. The molecule has 0 amide bonds. The van der Waals surface area contributed by atoms with E-state index < -0.39 is 15.2 Å². The van der Waals surface area contributed by atoms with Gasteiger partial charge >= 0.3 is 0 Å². The molecule has 0 radical (unpaired) electrons. The summed E-state index contributed by atoms with van der Waals surface area (Å²) >= 11 is 0. The van der Waals surface area contributed by atoms with Crippen LogP contribution in [0.1, 0.15) is 12.5 Å². The molecule has 0 aliphatic carbocycles. The average molecular weight is 199 g/mol. The van der Waals surface area contributed by atoms with Gasteiger partial charge in [-0.1, -0.05) is 17.7 Å². The van der Waals surface area contributed by atoms with Crippen LogP contribution >= 0.6 is 0 Å². The zero-order chi connectivity index (χ0) is 10.1. The molecule has 1 aromatic rings. The van der Waals surface area contributed by atoms with Gasteiger partial charge in [0, 0.05) is 0 Å². The van der Waals surface area contributed by atoms with Crippen LogP contribution in [0.2, 0.25) is 0 Å². The van der Waals surface area contributed by atoms with Gasteiger partial charge < -0.3 is 5.73 Å². The van der Waals surface area contributed by atoms with Crippen LogP contribution in [0.3, 0.4) is 0 Å². The number of nitrogens with two attached hydrogens (primary N) is 1. The second-order valence-corrected chi connectivity index (χ2v) is 5.37. The summed E-state index contributed by atoms with van der Waals surface area (Å²) in [5, 5.41) is -0.852.